The number of ether oxygens (including phenoxy) is 2. The van der Waals surface area contributed by atoms with Crippen LogP contribution in [-0.2, 0) is 4.74 Å². The van der Waals surface area contributed by atoms with Crippen molar-refractivity contribution in [2.24, 2.45) is 0 Å². The topological polar surface area (TPSA) is 91.9 Å². The molecule has 2 N–H and O–H groups in total. The van der Waals surface area contributed by atoms with Crippen molar-refractivity contribution in [3.63, 3.8) is 0 Å². The Morgan fingerprint density at radius 2 is 2.11 bits per heavy atom. The van der Waals surface area contributed by atoms with Crippen LogP contribution in [0.15, 0.2) is 41.2 Å². The summed E-state index contributed by atoms with van der Waals surface area (Å²) in [5.41, 5.74) is 0.386. The number of carbonyl (C=O) groups excluding carboxylic acids is 1. The summed E-state index contributed by atoms with van der Waals surface area (Å²) in [6.07, 6.45) is 2.86. The zero-order valence-corrected chi connectivity index (χ0v) is 15.8. The van der Waals surface area contributed by atoms with E-state index in [1.165, 1.54) is 12.1 Å². The molecule has 3 rings (SSSR count). The average molecular weight is 384 g/mol. The third-order valence-corrected chi connectivity index (χ3v) is 4.46. The Kier molecular flexibility index (Phi) is 6.62. The highest BCUT2D eigenvalue weighted by Crippen LogP contribution is 2.17. The van der Waals surface area contributed by atoms with Gasteiger partial charge in [0, 0.05) is 25.3 Å². The Bertz CT molecular complexity index is 913. The molecule has 28 heavy (non-hydrogen) atoms. The maximum atomic E-state index is 12.3. The Balaban J connectivity index is 1.60. The van der Waals surface area contributed by atoms with Gasteiger partial charge in [0.2, 0.25) is 0 Å². The van der Waals surface area contributed by atoms with Gasteiger partial charge in [0.05, 0.1) is 13.2 Å². The summed E-state index contributed by atoms with van der Waals surface area (Å²) in [6.45, 7) is 6.38. The predicted octanol–water partition coefficient (Wildman–Crippen LogP) is 2.00. The predicted molar refractivity (Wildman–Crippen MR) is 106 cm³/mol. The van der Waals surface area contributed by atoms with E-state index in [4.69, 9.17) is 9.47 Å². The van der Waals surface area contributed by atoms with Crippen LogP contribution in [0.3, 0.4) is 0 Å². The van der Waals surface area contributed by atoms with Gasteiger partial charge in [-0.1, -0.05) is 18.2 Å². The van der Waals surface area contributed by atoms with Crippen molar-refractivity contribution >= 4 is 11.9 Å². The van der Waals surface area contributed by atoms with E-state index in [9.17, 15) is 14.7 Å². The van der Waals surface area contributed by atoms with Crippen molar-refractivity contribution in [1.29, 1.82) is 0 Å². The van der Waals surface area contributed by atoms with Gasteiger partial charge in [0.25, 0.3) is 5.56 Å². The van der Waals surface area contributed by atoms with Gasteiger partial charge < -0.3 is 19.6 Å². The maximum absolute atomic E-state index is 12.3. The number of hydrogen-bond acceptors (Lipinski definition) is 6. The fourth-order valence-corrected chi connectivity index (χ4v) is 2.99. The number of pyridine rings is 1. The number of aromatic nitrogens is 1. The quantitative estimate of drug-likeness (QED) is 0.560. The lowest BCUT2D eigenvalue weighted by Crippen LogP contribution is -2.38. The second-order valence-corrected chi connectivity index (χ2v) is 6.61. The number of nitrogens with zero attached hydrogens (tertiary/aromatic N) is 1. The molecule has 7 heteroatoms. The van der Waals surface area contributed by atoms with E-state index >= 15 is 0 Å². The van der Waals surface area contributed by atoms with Gasteiger partial charge in [-0.25, -0.2) is 0 Å². The molecule has 0 bridgehead atoms. The molecular weight excluding hydrogens is 360 g/mol. The number of aryl methyl sites for hydroxylation is 1. The largest absolute Gasteiger partial charge is 0.507 e. The fourth-order valence-electron chi connectivity index (χ4n) is 2.99. The first-order chi connectivity index (χ1) is 13.5. The van der Waals surface area contributed by atoms with Crippen molar-refractivity contribution < 1.29 is 19.4 Å². The van der Waals surface area contributed by atoms with E-state index in [1.54, 1.807) is 13.0 Å². The molecule has 0 saturated carbocycles. The van der Waals surface area contributed by atoms with Crippen LogP contribution < -0.4 is 10.3 Å². The molecule has 1 aromatic heterocycles. The maximum Gasteiger partial charge on any atom is 0.263 e. The van der Waals surface area contributed by atoms with Crippen LogP contribution in [-0.4, -0.2) is 60.2 Å². The van der Waals surface area contributed by atoms with E-state index in [0.717, 1.165) is 38.4 Å². The van der Waals surface area contributed by atoms with Crippen LogP contribution in [0.1, 0.15) is 21.6 Å². The van der Waals surface area contributed by atoms with Crippen molar-refractivity contribution in [2.45, 2.75) is 6.92 Å². The van der Waals surface area contributed by atoms with Gasteiger partial charge in [0.1, 0.15) is 23.7 Å². The number of aromatic hydroxyl groups is 1. The zero-order chi connectivity index (χ0) is 19.9. The zero-order valence-electron chi connectivity index (χ0n) is 15.8. The Hall–Kier alpha value is -2.90. The first kappa shape index (κ1) is 19.9. The van der Waals surface area contributed by atoms with Crippen LogP contribution in [0.5, 0.6) is 11.5 Å². The van der Waals surface area contributed by atoms with Crippen molar-refractivity contribution in [3.05, 3.63) is 63.6 Å². The van der Waals surface area contributed by atoms with Gasteiger partial charge in [-0.2, -0.15) is 0 Å². The minimum atomic E-state index is -0.604. The summed E-state index contributed by atoms with van der Waals surface area (Å²) < 4.78 is 11.1. The first-order valence-corrected chi connectivity index (χ1v) is 9.21. The molecule has 1 aromatic carbocycles. The van der Waals surface area contributed by atoms with Gasteiger partial charge in [-0.05, 0) is 36.8 Å². The Morgan fingerprint density at radius 1 is 1.32 bits per heavy atom. The number of allylic oxidation sites excluding steroid dienone is 1. The summed E-state index contributed by atoms with van der Waals surface area (Å²) >= 11 is 0. The van der Waals surface area contributed by atoms with Crippen LogP contribution in [0, 0.1) is 6.92 Å². The monoisotopic (exact) mass is 384 g/mol. The highest BCUT2D eigenvalue weighted by molar-refractivity contribution is 6.08. The van der Waals surface area contributed by atoms with Gasteiger partial charge in [-0.3, -0.25) is 14.5 Å². The molecule has 0 spiro atoms. The van der Waals surface area contributed by atoms with Crippen molar-refractivity contribution in [3.8, 4) is 11.5 Å². The minimum absolute atomic E-state index is 0.264. The molecule has 1 saturated heterocycles. The standard InChI is InChI=1S/C21H24N2O5/c1-15-13-19(25)20(21(26)22-15)18(24)6-5-16-3-2-4-17(14-16)28-12-9-23-7-10-27-11-8-23/h2-6,13-14H,7-12H2,1H3,(H2,22,25,26). The van der Waals surface area contributed by atoms with Crippen LogP contribution in [0.4, 0.5) is 0 Å². The molecule has 0 aliphatic carbocycles. The van der Waals surface area contributed by atoms with Crippen molar-refractivity contribution in [1.82, 2.24) is 9.88 Å². The SMILES string of the molecule is Cc1cc(O)c(C(=O)C=Cc2cccc(OCCN3CCOCC3)c2)c(=O)[nH]1. The molecule has 1 fully saturated rings. The molecule has 148 valence electrons. The Labute approximate surface area is 163 Å². The number of nitrogens with one attached hydrogen (secondary N) is 1. The molecule has 0 amide bonds. The van der Waals surface area contributed by atoms with Crippen LogP contribution in [0.2, 0.25) is 0 Å². The number of aromatic amines is 1. The smallest absolute Gasteiger partial charge is 0.263 e. The molecule has 2 heterocycles. The average Bonchev–Trinajstić information content (AvgIpc) is 2.67. The van der Waals surface area contributed by atoms with Gasteiger partial charge >= 0.3 is 0 Å². The number of H-pyrrole nitrogens is 1. The number of hydrogen-bond donors (Lipinski definition) is 2. The Morgan fingerprint density at radius 3 is 2.86 bits per heavy atom. The van der Waals surface area contributed by atoms with Crippen LogP contribution >= 0.6 is 0 Å². The normalized spacial score (nSPS) is 15.0. The highest BCUT2D eigenvalue weighted by atomic mass is 16.5. The molecular formula is C21H24N2O5. The number of benzene rings is 1. The van der Waals surface area contributed by atoms with Crippen LogP contribution in [0.25, 0.3) is 6.08 Å². The third-order valence-electron chi connectivity index (χ3n) is 4.46. The van der Waals surface area contributed by atoms with E-state index in [1.807, 2.05) is 24.3 Å². The second-order valence-electron chi connectivity index (χ2n) is 6.61. The number of rotatable bonds is 7. The lowest BCUT2D eigenvalue weighted by molar-refractivity contribution is 0.0322. The fraction of sp³-hybridized carbons (Fsp3) is 0.333. The van der Waals surface area contributed by atoms with E-state index < -0.39 is 11.3 Å². The van der Waals surface area contributed by atoms with E-state index in [-0.39, 0.29) is 11.3 Å². The summed E-state index contributed by atoms with van der Waals surface area (Å²) in [5, 5.41) is 9.88. The number of carbonyl (C=O) groups is 1. The molecule has 1 aliphatic rings. The first-order valence-electron chi connectivity index (χ1n) is 9.21. The van der Waals surface area contributed by atoms with E-state index in [2.05, 4.69) is 9.88 Å². The molecule has 1 aliphatic heterocycles. The molecule has 2 aromatic rings. The number of ketones is 1. The lowest BCUT2D eigenvalue weighted by Gasteiger charge is -2.26. The number of morpholine rings is 1. The summed E-state index contributed by atoms with van der Waals surface area (Å²) in [5.74, 6) is -0.174. The van der Waals surface area contributed by atoms with Gasteiger partial charge in [-0.15, -0.1) is 0 Å². The molecule has 0 atom stereocenters. The van der Waals surface area contributed by atoms with E-state index in [0.29, 0.717) is 18.1 Å². The summed E-state index contributed by atoms with van der Waals surface area (Å²) in [7, 11) is 0. The molecule has 0 radical (unpaired) electrons. The van der Waals surface area contributed by atoms with Crippen molar-refractivity contribution in [2.75, 3.05) is 39.5 Å². The van der Waals surface area contributed by atoms with Gasteiger partial charge in [0.15, 0.2) is 5.78 Å². The molecule has 7 nitrogen and oxygen atoms in total. The highest BCUT2D eigenvalue weighted by Gasteiger charge is 2.14. The summed E-state index contributed by atoms with van der Waals surface area (Å²) in [4.78, 5) is 29.0. The lowest BCUT2D eigenvalue weighted by atomic mass is 10.1. The third kappa shape index (κ3) is 5.31. The minimum Gasteiger partial charge on any atom is -0.507 e. The summed E-state index contributed by atoms with van der Waals surface area (Å²) in [6, 6.07) is 8.70. The molecule has 0 unspecified atom stereocenters. The second kappa shape index (κ2) is 9.34.